The van der Waals surface area contributed by atoms with Gasteiger partial charge < -0.3 is 30.7 Å². The number of benzene rings is 2. The molecule has 2 aromatic carbocycles. The summed E-state index contributed by atoms with van der Waals surface area (Å²) >= 11 is 0. The Hall–Kier alpha value is -3.74. The van der Waals surface area contributed by atoms with E-state index in [9.17, 15) is 27.5 Å². The fourth-order valence-corrected chi connectivity index (χ4v) is 3.91. The lowest BCUT2D eigenvalue weighted by atomic mass is 9.89. The third-order valence-electron chi connectivity index (χ3n) is 6.48. The summed E-state index contributed by atoms with van der Waals surface area (Å²) in [5.41, 5.74) is 1.22. The van der Waals surface area contributed by atoms with Crippen LogP contribution in [0.4, 0.5) is 17.6 Å². The molecular formula is C29H31F4N3O5. The predicted octanol–water partition coefficient (Wildman–Crippen LogP) is 4.17. The molecule has 0 aliphatic heterocycles. The van der Waals surface area contributed by atoms with Crippen molar-refractivity contribution in [3.63, 3.8) is 0 Å². The quantitative estimate of drug-likeness (QED) is 0.252. The number of halogens is 4. The third-order valence-corrected chi connectivity index (χ3v) is 6.48. The minimum absolute atomic E-state index is 0.0171. The molecule has 0 spiro atoms. The van der Waals surface area contributed by atoms with Crippen LogP contribution in [0.15, 0.2) is 54.6 Å². The Morgan fingerprint density at radius 3 is 2.34 bits per heavy atom. The van der Waals surface area contributed by atoms with Crippen molar-refractivity contribution in [2.75, 3.05) is 19.8 Å². The summed E-state index contributed by atoms with van der Waals surface area (Å²) in [7, 11) is 0. The van der Waals surface area contributed by atoms with Crippen molar-refractivity contribution >= 4 is 5.91 Å². The summed E-state index contributed by atoms with van der Waals surface area (Å²) in [4.78, 5) is 17.0. The molecule has 0 bridgehead atoms. The fraction of sp³-hybridized carbons (Fsp3) is 0.379. The standard InChI is InChI=1S/C29H31F4N3O5/c1-27(2,34)19-14-22(17-3-6-20(30)7-4-17)36-25(15-19)28(39,29(31,32)33)16-35-26(38)18-5-10-23(40-12-11-37)24(13-18)41-21-8-9-21/h3-7,10,13-15,21,37,39H,8-9,11-12,16,34H2,1-2H3,(H,35,38)/t28-/m0/s1. The predicted molar refractivity (Wildman–Crippen MR) is 142 cm³/mol. The maximum atomic E-state index is 14.5. The van der Waals surface area contributed by atoms with Crippen molar-refractivity contribution in [3.05, 3.63) is 77.2 Å². The molecule has 5 N–H and O–H groups in total. The molecule has 12 heteroatoms. The van der Waals surface area contributed by atoms with Crippen molar-refractivity contribution in [2.45, 2.75) is 50.1 Å². The third kappa shape index (κ3) is 7.13. The van der Waals surface area contributed by atoms with Gasteiger partial charge >= 0.3 is 6.18 Å². The molecule has 1 heterocycles. The van der Waals surface area contributed by atoms with Gasteiger partial charge in [-0.1, -0.05) is 0 Å². The molecule has 0 unspecified atom stereocenters. The lowest BCUT2D eigenvalue weighted by Gasteiger charge is -2.32. The normalized spacial score (nSPS) is 15.2. The molecule has 1 saturated carbocycles. The molecule has 0 saturated heterocycles. The zero-order chi connectivity index (χ0) is 30.0. The van der Waals surface area contributed by atoms with Crippen molar-refractivity contribution in [1.82, 2.24) is 10.3 Å². The molecule has 1 aliphatic carbocycles. The smallest absolute Gasteiger partial charge is 0.424 e. The second-order valence-corrected chi connectivity index (χ2v) is 10.4. The van der Waals surface area contributed by atoms with Crippen LogP contribution in [0.25, 0.3) is 11.3 Å². The Morgan fingerprint density at radius 1 is 1.07 bits per heavy atom. The van der Waals surface area contributed by atoms with E-state index in [4.69, 9.17) is 20.3 Å². The number of alkyl halides is 3. The number of nitrogens with one attached hydrogen (secondary N) is 1. The number of amides is 1. The number of hydrogen-bond donors (Lipinski definition) is 4. The number of carbonyl (C=O) groups excluding carboxylic acids is 1. The molecule has 3 aromatic rings. The van der Waals surface area contributed by atoms with E-state index < -0.39 is 41.3 Å². The van der Waals surface area contributed by atoms with E-state index in [0.717, 1.165) is 31.0 Å². The van der Waals surface area contributed by atoms with E-state index in [1.165, 1.54) is 36.4 Å². The SMILES string of the molecule is CC(C)(N)c1cc(-c2ccc(F)cc2)nc([C@@](O)(CNC(=O)c2ccc(OCCO)c(OC3CC3)c2)C(F)(F)F)c1. The zero-order valence-electron chi connectivity index (χ0n) is 22.5. The fourth-order valence-electron chi connectivity index (χ4n) is 3.91. The van der Waals surface area contributed by atoms with Crippen LogP contribution < -0.4 is 20.5 Å². The molecule has 8 nitrogen and oxygen atoms in total. The van der Waals surface area contributed by atoms with Crippen molar-refractivity contribution < 1.29 is 42.0 Å². The molecule has 4 rings (SSSR count). The molecule has 1 amide bonds. The number of aliphatic hydroxyl groups is 2. The number of aliphatic hydroxyl groups excluding tert-OH is 1. The Kier molecular flexibility index (Phi) is 8.57. The molecule has 1 aromatic heterocycles. The van der Waals surface area contributed by atoms with E-state index in [0.29, 0.717) is 5.56 Å². The second kappa shape index (κ2) is 11.6. The van der Waals surface area contributed by atoms with Crippen LogP contribution in [0.2, 0.25) is 0 Å². The van der Waals surface area contributed by atoms with Gasteiger partial charge in [0.15, 0.2) is 11.5 Å². The molecule has 220 valence electrons. The second-order valence-electron chi connectivity index (χ2n) is 10.4. The first-order valence-electron chi connectivity index (χ1n) is 12.9. The minimum Gasteiger partial charge on any atom is -0.487 e. The Labute approximate surface area is 234 Å². The number of ether oxygens (including phenoxy) is 2. The number of nitrogens with zero attached hydrogens (tertiary/aromatic N) is 1. The summed E-state index contributed by atoms with van der Waals surface area (Å²) in [5.74, 6) is -0.968. The molecule has 1 fully saturated rings. The number of nitrogens with two attached hydrogens (primary N) is 1. The van der Waals surface area contributed by atoms with Gasteiger partial charge in [-0.3, -0.25) is 4.79 Å². The highest BCUT2D eigenvalue weighted by atomic mass is 19.4. The van der Waals surface area contributed by atoms with Gasteiger partial charge in [-0.2, -0.15) is 13.2 Å². The minimum atomic E-state index is -5.26. The summed E-state index contributed by atoms with van der Waals surface area (Å²) in [5, 5.41) is 22.3. The molecule has 1 aliphatic rings. The van der Waals surface area contributed by atoms with E-state index in [-0.39, 0.29) is 47.6 Å². The average molecular weight is 578 g/mol. The first kappa shape index (κ1) is 30.2. The first-order valence-corrected chi connectivity index (χ1v) is 12.9. The lowest BCUT2D eigenvalue weighted by molar-refractivity contribution is -0.265. The topological polar surface area (TPSA) is 127 Å². The van der Waals surface area contributed by atoms with E-state index in [1.807, 2.05) is 0 Å². The van der Waals surface area contributed by atoms with Crippen LogP contribution in [0.1, 0.15) is 48.3 Å². The van der Waals surface area contributed by atoms with Gasteiger partial charge in [-0.05, 0) is 86.8 Å². The molecule has 41 heavy (non-hydrogen) atoms. The van der Waals surface area contributed by atoms with Gasteiger partial charge in [-0.25, -0.2) is 9.37 Å². The highest BCUT2D eigenvalue weighted by molar-refractivity contribution is 5.95. The largest absolute Gasteiger partial charge is 0.487 e. The van der Waals surface area contributed by atoms with Crippen molar-refractivity contribution in [3.8, 4) is 22.8 Å². The maximum absolute atomic E-state index is 14.5. The van der Waals surface area contributed by atoms with E-state index in [1.54, 1.807) is 13.8 Å². The summed E-state index contributed by atoms with van der Waals surface area (Å²) in [6, 6.07) is 11.5. The van der Waals surface area contributed by atoms with Crippen LogP contribution in [0.3, 0.4) is 0 Å². The van der Waals surface area contributed by atoms with Crippen molar-refractivity contribution in [2.24, 2.45) is 5.73 Å². The van der Waals surface area contributed by atoms with E-state index in [2.05, 4.69) is 10.3 Å². The van der Waals surface area contributed by atoms with Crippen LogP contribution >= 0.6 is 0 Å². The van der Waals surface area contributed by atoms with Crippen LogP contribution in [0, 0.1) is 5.82 Å². The van der Waals surface area contributed by atoms with E-state index >= 15 is 0 Å². The number of hydrogen-bond acceptors (Lipinski definition) is 7. The van der Waals surface area contributed by atoms with Gasteiger partial charge in [0, 0.05) is 16.7 Å². The number of pyridine rings is 1. The first-order chi connectivity index (χ1) is 19.2. The van der Waals surface area contributed by atoms with Gasteiger partial charge in [0.2, 0.25) is 5.60 Å². The number of carbonyl (C=O) groups is 1. The maximum Gasteiger partial charge on any atom is 0.424 e. The van der Waals surface area contributed by atoms with Gasteiger partial charge in [0.25, 0.3) is 5.91 Å². The van der Waals surface area contributed by atoms with Crippen molar-refractivity contribution in [1.29, 1.82) is 0 Å². The van der Waals surface area contributed by atoms with Gasteiger partial charge in [0.1, 0.15) is 12.4 Å². The van der Waals surface area contributed by atoms with Gasteiger partial charge in [0.05, 0.1) is 30.6 Å². The monoisotopic (exact) mass is 577 g/mol. The van der Waals surface area contributed by atoms with Crippen LogP contribution in [0.5, 0.6) is 11.5 Å². The Bertz CT molecular complexity index is 1390. The zero-order valence-corrected chi connectivity index (χ0v) is 22.5. The molecule has 1 atom stereocenters. The Morgan fingerprint density at radius 2 is 1.76 bits per heavy atom. The average Bonchev–Trinajstić information content (AvgIpc) is 3.74. The van der Waals surface area contributed by atoms with Gasteiger partial charge in [-0.15, -0.1) is 0 Å². The summed E-state index contributed by atoms with van der Waals surface area (Å²) < 4.78 is 68.1. The summed E-state index contributed by atoms with van der Waals surface area (Å²) in [6.07, 6.45) is -3.71. The van der Waals surface area contributed by atoms with Crippen LogP contribution in [-0.2, 0) is 11.1 Å². The summed E-state index contributed by atoms with van der Waals surface area (Å²) in [6.45, 7) is 1.62. The lowest BCUT2D eigenvalue weighted by Crippen LogP contribution is -2.51. The highest BCUT2D eigenvalue weighted by Crippen LogP contribution is 2.40. The molecule has 0 radical (unpaired) electrons. The number of rotatable bonds is 11. The molecular weight excluding hydrogens is 546 g/mol. The van der Waals surface area contributed by atoms with Crippen LogP contribution in [-0.4, -0.2) is 53.1 Å². The number of aromatic nitrogens is 1. The Balaban J connectivity index is 1.66. The highest BCUT2D eigenvalue weighted by Gasteiger charge is 2.56.